The van der Waals surface area contributed by atoms with Crippen LogP contribution in [0.3, 0.4) is 0 Å². The van der Waals surface area contributed by atoms with Gasteiger partial charge in [-0.3, -0.25) is 17.9 Å². The number of carboxylic acid groups (broad SMARTS) is 2. The van der Waals surface area contributed by atoms with Crippen LogP contribution >= 0.6 is 22.9 Å². The second kappa shape index (κ2) is 30.5. The Kier molecular flexibility index (Phi) is 22.5. The van der Waals surface area contributed by atoms with Crippen LogP contribution in [0.5, 0.6) is 34.5 Å². The first kappa shape index (κ1) is 73.8. The summed E-state index contributed by atoms with van der Waals surface area (Å²) in [6.45, 7) is 7.06. The van der Waals surface area contributed by atoms with Gasteiger partial charge in [0.2, 0.25) is 12.6 Å². The van der Waals surface area contributed by atoms with Crippen molar-refractivity contribution in [3.63, 3.8) is 0 Å². The lowest BCUT2D eigenvalue weighted by atomic mass is 9.90. The molecule has 6 heterocycles. The number of benzene rings is 4. The fraction of sp³-hybridized carbons (Fsp3) is 0.477. The predicted molar refractivity (Wildman–Crippen MR) is 346 cm³/mol. The number of aliphatic hydroxyl groups is 8. The number of ether oxygens (including phenoxy) is 11. The van der Waals surface area contributed by atoms with Crippen molar-refractivity contribution in [2.75, 3.05) is 57.4 Å². The lowest BCUT2D eigenvalue weighted by molar-refractivity contribution is -0.271. The molecule has 540 valence electrons. The Bertz CT molecular complexity index is 3840. The van der Waals surface area contributed by atoms with Crippen LogP contribution in [0.25, 0.3) is 0 Å². The highest BCUT2D eigenvalue weighted by molar-refractivity contribution is 14.1. The van der Waals surface area contributed by atoms with Crippen molar-refractivity contribution < 1.29 is 142 Å². The summed E-state index contributed by atoms with van der Waals surface area (Å²) in [6, 6.07) is 11.2. The zero-order valence-electron chi connectivity index (χ0n) is 54.2. The van der Waals surface area contributed by atoms with Gasteiger partial charge in [-0.05, 0) is 85.0 Å². The quantitative estimate of drug-likeness (QED) is 0.0133. The minimum atomic E-state index is -2.02. The van der Waals surface area contributed by atoms with Crippen molar-refractivity contribution in [1.82, 2.24) is 13.3 Å². The van der Waals surface area contributed by atoms with Crippen LogP contribution in [0.15, 0.2) is 72.8 Å². The van der Waals surface area contributed by atoms with Crippen molar-refractivity contribution in [2.45, 2.75) is 145 Å². The van der Waals surface area contributed by atoms with E-state index in [0.717, 1.165) is 16.9 Å². The van der Waals surface area contributed by atoms with E-state index in [0.29, 0.717) is 24.8 Å². The molecule has 35 heteroatoms. The van der Waals surface area contributed by atoms with Gasteiger partial charge in [0.15, 0.2) is 47.7 Å². The number of nitrogens with zero attached hydrogens (tertiary/aromatic N) is 4. The van der Waals surface area contributed by atoms with Crippen LogP contribution < -0.4 is 41.8 Å². The van der Waals surface area contributed by atoms with Crippen LogP contribution in [0.2, 0.25) is 0 Å². The van der Waals surface area contributed by atoms with Gasteiger partial charge < -0.3 is 113 Å². The van der Waals surface area contributed by atoms with E-state index in [-0.39, 0.29) is 118 Å². The summed E-state index contributed by atoms with van der Waals surface area (Å²) < 4.78 is 64.4. The molecule has 0 aliphatic carbocycles. The third-order valence-corrected chi connectivity index (χ3v) is 18.2. The molecule has 4 aromatic carbocycles. The number of unbranched alkanes of at least 4 members (excludes halogenated alkanes) is 2. The summed E-state index contributed by atoms with van der Waals surface area (Å²) in [5.41, 5.74) is -0.385. The highest BCUT2D eigenvalue weighted by atomic mass is 127. The third-order valence-electron chi connectivity index (χ3n) is 17.7. The molecular formula is C65H74IN5O29. The maximum absolute atomic E-state index is 14.5. The maximum atomic E-state index is 14.5. The molecule has 4 saturated heterocycles. The van der Waals surface area contributed by atoms with Crippen LogP contribution in [0, 0.1) is 5.41 Å². The maximum Gasteiger partial charge on any atom is 0.416 e. The fourth-order valence-electron chi connectivity index (χ4n) is 12.6. The van der Waals surface area contributed by atoms with Gasteiger partial charge in [0, 0.05) is 25.2 Å². The van der Waals surface area contributed by atoms with Gasteiger partial charge in [-0.1, -0.05) is 38.1 Å². The number of rotatable bonds is 22. The van der Waals surface area contributed by atoms with Crippen molar-refractivity contribution >= 4 is 82.1 Å². The largest absolute Gasteiger partial charge is 0.493 e. The molecule has 4 fully saturated rings. The van der Waals surface area contributed by atoms with E-state index in [9.17, 15) is 89.4 Å². The first-order valence-corrected chi connectivity index (χ1v) is 32.3. The highest BCUT2D eigenvalue weighted by Crippen LogP contribution is 2.46. The van der Waals surface area contributed by atoms with Gasteiger partial charge in [-0.15, -0.1) is 0 Å². The second-order valence-corrected chi connectivity index (χ2v) is 25.6. The van der Waals surface area contributed by atoms with Gasteiger partial charge >= 0.3 is 30.1 Å². The number of carboxylic acids is 2. The first-order chi connectivity index (χ1) is 47.5. The number of hydrogen-bond acceptors (Lipinski definition) is 27. The number of esters is 1. The van der Waals surface area contributed by atoms with E-state index in [2.05, 4.69) is 10.1 Å². The number of carbonyl (C=O) groups is 8. The number of methoxy groups -OCH3 is 3. The standard InChI is InChI=1S/C65H74IN5O29/c1-28-16-37-56(81)70(63(88)95-25-29-10-12-39(33(17-29)53(78)67-66)97-61-49(76)45(72)47(74)51(99-61)58(83)84)35-21-43(41(90-4)19-31(35)54(79)68(37)24-28)93-14-8-7-9-15-94-44-22-36-32(20-42(44)91-5)55(80)69-27-65(2,3)23-38(69)57(82)71(36)64(89)96-26-30-11-13-40(34(18-30)60(87)92-6)98-62-50(77)46(73)48(75)52(100-62)59(85)86/h10-13,17-22,37-38,45-52,56-57,61-62,72-77,81-82H,1,7-9,14-16,23-27H2,2-6H3,(H,67,78)(H,83,84)(H,85,86)/t37-,38?,45-,46-,47-,48-,49+,50+,51-,52-,56?,57?,61+,62+/m0/s1. The number of fused-ring (bicyclic) bond motifs is 4. The Morgan fingerprint density at radius 3 is 1.51 bits per heavy atom. The smallest absolute Gasteiger partial charge is 0.416 e. The average molecular weight is 1520 g/mol. The SMILES string of the molecule is C=C1C[C@H]2C(O)N(C(=O)OCc3ccc(O[C@@H]4O[C@H](C(=O)O)[C@@H](O)[C@H](O)[C@H]4O)c(C(=O)NI)c3)c3cc(OCCCCCOc4cc5c(cc4OC)C(=O)N4CC(C)(C)CC4C(O)N5C(=O)OCc4ccc(O[C@@H]5O[C@H](C(=O)O)[C@@H](O)[C@H](O)[C@H]5O)c(C(=O)OC)c4)c(OC)cc3C(=O)N2C1. The van der Waals surface area contributed by atoms with Crippen LogP contribution in [-0.4, -0.2) is 242 Å². The first-order valence-electron chi connectivity index (χ1n) is 31.2. The Morgan fingerprint density at radius 1 is 0.590 bits per heavy atom. The lowest BCUT2D eigenvalue weighted by Gasteiger charge is -2.38. The van der Waals surface area contributed by atoms with Crippen molar-refractivity contribution in [3.05, 3.63) is 106 Å². The number of aliphatic hydroxyl groups excluding tert-OH is 8. The molecule has 10 rings (SSSR count). The van der Waals surface area contributed by atoms with Crippen LogP contribution in [0.4, 0.5) is 21.0 Å². The zero-order valence-corrected chi connectivity index (χ0v) is 56.4. The van der Waals surface area contributed by atoms with Crippen LogP contribution in [0.1, 0.15) is 98.5 Å². The fourth-order valence-corrected chi connectivity index (χ4v) is 12.9. The zero-order chi connectivity index (χ0) is 72.5. The second-order valence-electron chi connectivity index (χ2n) is 25.1. The Morgan fingerprint density at radius 2 is 1.05 bits per heavy atom. The molecule has 0 radical (unpaired) electrons. The summed E-state index contributed by atoms with van der Waals surface area (Å²) in [6.07, 6.45) is -23.8. The summed E-state index contributed by atoms with van der Waals surface area (Å²) in [5, 5.41) is 105. The molecule has 5 amide bonds. The summed E-state index contributed by atoms with van der Waals surface area (Å²) >= 11 is 1.55. The Labute approximate surface area is 583 Å². The number of carbonyl (C=O) groups excluding carboxylic acids is 6. The molecule has 11 N–H and O–H groups in total. The minimum Gasteiger partial charge on any atom is -0.493 e. The topological polar surface area (TPSA) is 465 Å². The molecule has 3 unspecified atom stereocenters. The highest BCUT2D eigenvalue weighted by Gasteiger charge is 2.53. The predicted octanol–water partition coefficient (Wildman–Crippen LogP) is 1.70. The molecule has 100 heavy (non-hydrogen) atoms. The van der Waals surface area contributed by atoms with Gasteiger partial charge in [-0.25, -0.2) is 33.8 Å². The van der Waals surface area contributed by atoms with E-state index in [1.807, 2.05) is 13.8 Å². The average Bonchev–Trinajstić information content (AvgIpc) is 1.58. The van der Waals surface area contributed by atoms with Crippen molar-refractivity contribution in [3.8, 4) is 34.5 Å². The number of aliphatic carboxylic acids is 2. The molecule has 14 atom stereocenters. The third kappa shape index (κ3) is 15.0. The Hall–Kier alpha value is -8.89. The minimum absolute atomic E-state index is 0.0335. The molecule has 0 aromatic heterocycles. The summed E-state index contributed by atoms with van der Waals surface area (Å²) in [7, 11) is 3.75. The molecular weight excluding hydrogens is 1440 g/mol. The Balaban J connectivity index is 0.817. The molecule has 0 spiro atoms. The molecule has 4 aromatic rings. The van der Waals surface area contributed by atoms with Crippen molar-refractivity contribution in [2.24, 2.45) is 5.41 Å². The number of amides is 5. The summed E-state index contributed by atoms with van der Waals surface area (Å²) in [4.78, 5) is 112. The molecule has 0 saturated carbocycles. The normalized spacial score (nSPS) is 26.7. The van der Waals surface area contributed by atoms with E-state index in [1.54, 1.807) is 22.9 Å². The van der Waals surface area contributed by atoms with Gasteiger partial charge in [0.1, 0.15) is 66.9 Å². The molecule has 0 bridgehead atoms. The van der Waals surface area contributed by atoms with E-state index < -0.39 is 152 Å². The molecule has 34 nitrogen and oxygen atoms in total. The lowest BCUT2D eigenvalue weighted by Crippen LogP contribution is -2.61. The molecule has 6 aliphatic heterocycles. The number of hydrogen-bond donors (Lipinski definition) is 11. The molecule has 6 aliphatic rings. The van der Waals surface area contributed by atoms with Crippen molar-refractivity contribution in [1.29, 1.82) is 0 Å². The van der Waals surface area contributed by atoms with Gasteiger partial charge in [0.25, 0.3) is 17.7 Å². The van der Waals surface area contributed by atoms with E-state index in [1.165, 1.54) is 84.7 Å². The number of halogens is 1. The number of nitrogens with one attached hydrogen (secondary N) is 1. The van der Waals surface area contributed by atoms with Crippen LogP contribution in [-0.2, 0) is 46.5 Å². The van der Waals surface area contributed by atoms with E-state index >= 15 is 0 Å². The van der Waals surface area contributed by atoms with Gasteiger partial charge in [-0.2, -0.15) is 0 Å². The van der Waals surface area contributed by atoms with Gasteiger partial charge in [0.05, 0.1) is 97.6 Å². The van der Waals surface area contributed by atoms with E-state index in [4.69, 9.17) is 52.1 Å². The summed E-state index contributed by atoms with van der Waals surface area (Å²) in [5.74, 6) is -6.41. The monoisotopic (exact) mass is 1520 g/mol. The number of anilines is 2.